The topological polar surface area (TPSA) is 93.1 Å². The molecule has 6 nitrogen and oxygen atoms in total. The van der Waals surface area contributed by atoms with Crippen molar-refractivity contribution in [3.8, 4) is 11.5 Å². The Morgan fingerprint density at radius 2 is 1.44 bits per heavy atom. The molecule has 188 valence electrons. The molecule has 0 spiro atoms. The van der Waals surface area contributed by atoms with Crippen LogP contribution in [0, 0.1) is 5.92 Å². The minimum Gasteiger partial charge on any atom is -0.511 e. The highest BCUT2D eigenvalue weighted by Crippen LogP contribution is 2.33. The number of hydrogen-bond donors (Lipinski definition) is 2. The lowest BCUT2D eigenvalue weighted by atomic mass is 9.85. The van der Waals surface area contributed by atoms with E-state index in [0.717, 1.165) is 37.2 Å². The van der Waals surface area contributed by atoms with E-state index in [2.05, 4.69) is 12.1 Å². The summed E-state index contributed by atoms with van der Waals surface area (Å²) < 4.78 is 10.8. The molecule has 0 bridgehead atoms. The van der Waals surface area contributed by atoms with Gasteiger partial charge in [-0.25, -0.2) is 0 Å². The zero-order valence-corrected chi connectivity index (χ0v) is 20.3. The maximum absolute atomic E-state index is 12.2. The number of aryl methyl sites for hydroxylation is 1. The first-order valence-corrected chi connectivity index (χ1v) is 13.1. The molecule has 2 atom stereocenters. The summed E-state index contributed by atoms with van der Waals surface area (Å²) in [6.07, 6.45) is 15.8. The Morgan fingerprint density at radius 3 is 2.12 bits per heavy atom. The molecule has 2 aliphatic rings. The Balaban J connectivity index is 1.10. The number of allylic oxidation sites excluding steroid dienone is 1. The van der Waals surface area contributed by atoms with Crippen molar-refractivity contribution >= 4 is 11.6 Å². The zero-order valence-electron chi connectivity index (χ0n) is 20.3. The molecule has 0 saturated carbocycles. The van der Waals surface area contributed by atoms with E-state index >= 15 is 0 Å². The molecule has 2 N–H and O–H groups in total. The van der Waals surface area contributed by atoms with Crippen LogP contribution in [0.2, 0.25) is 0 Å². The summed E-state index contributed by atoms with van der Waals surface area (Å²) >= 11 is 0. The van der Waals surface area contributed by atoms with Crippen molar-refractivity contribution in [2.45, 2.75) is 102 Å². The van der Waals surface area contributed by atoms with Crippen LogP contribution in [0.3, 0.4) is 0 Å². The van der Waals surface area contributed by atoms with Gasteiger partial charge in [-0.05, 0) is 43.0 Å². The Kier molecular flexibility index (Phi) is 10.9. The first kappa shape index (κ1) is 26.3. The van der Waals surface area contributed by atoms with Gasteiger partial charge in [-0.3, -0.25) is 9.59 Å². The maximum Gasteiger partial charge on any atom is 0.231 e. The smallest absolute Gasteiger partial charge is 0.231 e. The van der Waals surface area contributed by atoms with Gasteiger partial charge in [0.2, 0.25) is 6.79 Å². The van der Waals surface area contributed by atoms with Gasteiger partial charge in [0.05, 0.1) is 0 Å². The molecule has 1 heterocycles. The fraction of sp³-hybridized carbons (Fsp3) is 0.643. The standard InChI is InChI=1S/C28H40O6/c29-22(27-23(30)16-17-24(31)28(27)32)14-12-10-8-6-4-2-1-3-5-7-9-11-13-21-15-18-25-26(19-21)34-20-33-25/h15-16,18-19,24,27,30-31H,1-14,17,20H2/t24-,27-/m0/s1. The Hall–Kier alpha value is -2.34. The van der Waals surface area contributed by atoms with Crippen molar-refractivity contribution in [2.75, 3.05) is 6.79 Å². The van der Waals surface area contributed by atoms with Crippen molar-refractivity contribution in [3.05, 3.63) is 35.6 Å². The average Bonchev–Trinajstić information content (AvgIpc) is 3.30. The van der Waals surface area contributed by atoms with E-state index in [-0.39, 0.29) is 24.4 Å². The molecule has 1 aromatic rings. The second-order valence-corrected chi connectivity index (χ2v) is 9.61. The molecule has 3 rings (SSSR count). The van der Waals surface area contributed by atoms with Gasteiger partial charge in [0.1, 0.15) is 17.8 Å². The molecule has 0 aromatic heterocycles. The maximum atomic E-state index is 12.2. The first-order valence-electron chi connectivity index (χ1n) is 13.1. The monoisotopic (exact) mass is 472 g/mol. The third kappa shape index (κ3) is 8.15. The number of ketones is 2. The summed E-state index contributed by atoms with van der Waals surface area (Å²) in [7, 11) is 0. The minimum absolute atomic E-state index is 0.0940. The highest BCUT2D eigenvalue weighted by Gasteiger charge is 2.36. The summed E-state index contributed by atoms with van der Waals surface area (Å²) in [6, 6.07) is 6.24. The van der Waals surface area contributed by atoms with Crippen LogP contribution in [0.5, 0.6) is 11.5 Å². The molecule has 0 radical (unpaired) electrons. The van der Waals surface area contributed by atoms with Crippen molar-refractivity contribution in [3.63, 3.8) is 0 Å². The van der Waals surface area contributed by atoms with Gasteiger partial charge in [-0.15, -0.1) is 0 Å². The van der Waals surface area contributed by atoms with Gasteiger partial charge in [0.25, 0.3) is 0 Å². The molecular formula is C28H40O6. The summed E-state index contributed by atoms with van der Waals surface area (Å²) in [5, 5.41) is 19.4. The van der Waals surface area contributed by atoms with Crippen LogP contribution in [0.15, 0.2) is 30.0 Å². The summed E-state index contributed by atoms with van der Waals surface area (Å²) in [5.41, 5.74) is 1.32. The van der Waals surface area contributed by atoms with Crippen molar-refractivity contribution in [2.24, 2.45) is 5.92 Å². The lowest BCUT2D eigenvalue weighted by molar-refractivity contribution is -0.138. The molecule has 0 unspecified atom stereocenters. The van der Waals surface area contributed by atoms with Gasteiger partial charge in [0.15, 0.2) is 23.1 Å². The van der Waals surface area contributed by atoms with Crippen molar-refractivity contribution < 1.29 is 29.3 Å². The van der Waals surface area contributed by atoms with E-state index in [4.69, 9.17) is 9.47 Å². The fourth-order valence-electron chi connectivity index (χ4n) is 4.77. The number of carbonyl (C=O) groups is 2. The average molecular weight is 473 g/mol. The van der Waals surface area contributed by atoms with E-state index in [0.29, 0.717) is 6.79 Å². The largest absolute Gasteiger partial charge is 0.511 e. The van der Waals surface area contributed by atoms with Crippen LogP contribution in [-0.2, 0) is 16.0 Å². The van der Waals surface area contributed by atoms with Crippen LogP contribution in [0.25, 0.3) is 0 Å². The molecule has 6 heteroatoms. The SMILES string of the molecule is O=C(CCCCCCCCCCCCCCc1ccc2c(c1)OCO2)[C@@H]1C(=O)[C@@H](O)CC=C1O. The quantitative estimate of drug-likeness (QED) is 0.227. The van der Waals surface area contributed by atoms with Gasteiger partial charge in [-0.2, -0.15) is 0 Å². The van der Waals surface area contributed by atoms with Crippen LogP contribution < -0.4 is 9.47 Å². The number of fused-ring (bicyclic) bond motifs is 1. The predicted molar refractivity (Wildman–Crippen MR) is 131 cm³/mol. The minimum atomic E-state index is -1.16. The van der Waals surface area contributed by atoms with Crippen LogP contribution in [0.4, 0.5) is 0 Å². The Bertz CT molecular complexity index is 830. The van der Waals surface area contributed by atoms with E-state index in [1.54, 1.807) is 0 Å². The van der Waals surface area contributed by atoms with Crippen molar-refractivity contribution in [1.82, 2.24) is 0 Å². The summed E-state index contributed by atoms with van der Waals surface area (Å²) in [4.78, 5) is 24.2. The second kappa shape index (κ2) is 14.1. The lowest BCUT2D eigenvalue weighted by Gasteiger charge is -2.21. The van der Waals surface area contributed by atoms with Crippen LogP contribution in [0.1, 0.15) is 95.5 Å². The Labute approximate surface area is 203 Å². The molecule has 1 aliphatic heterocycles. The fourth-order valence-corrected chi connectivity index (χ4v) is 4.77. The number of aliphatic hydroxyl groups is 2. The van der Waals surface area contributed by atoms with E-state index in [1.165, 1.54) is 69.4 Å². The third-order valence-corrected chi connectivity index (χ3v) is 6.86. The number of Topliss-reactive ketones (excluding diaryl/α,β-unsaturated/α-hetero) is 2. The van der Waals surface area contributed by atoms with Crippen molar-refractivity contribution in [1.29, 1.82) is 0 Å². The molecule has 1 aromatic carbocycles. The number of ether oxygens (including phenoxy) is 2. The second-order valence-electron chi connectivity index (χ2n) is 9.61. The highest BCUT2D eigenvalue weighted by molar-refractivity contribution is 6.07. The number of unbranched alkanes of at least 4 members (excludes halogenated alkanes) is 11. The van der Waals surface area contributed by atoms with Crippen LogP contribution >= 0.6 is 0 Å². The summed E-state index contributed by atoms with van der Waals surface area (Å²) in [5.74, 6) is -0.438. The third-order valence-electron chi connectivity index (χ3n) is 6.86. The Morgan fingerprint density at radius 1 is 0.853 bits per heavy atom. The lowest BCUT2D eigenvalue weighted by Crippen LogP contribution is -2.37. The number of hydrogen-bond acceptors (Lipinski definition) is 6. The number of carbonyl (C=O) groups excluding carboxylic acids is 2. The first-order chi connectivity index (χ1) is 16.6. The molecular weight excluding hydrogens is 432 g/mol. The molecule has 0 amide bonds. The number of benzene rings is 1. The zero-order chi connectivity index (χ0) is 24.2. The molecule has 34 heavy (non-hydrogen) atoms. The van der Waals surface area contributed by atoms with Gasteiger partial charge in [-0.1, -0.05) is 70.3 Å². The number of rotatable bonds is 16. The van der Waals surface area contributed by atoms with E-state index in [1.807, 2.05) is 6.07 Å². The van der Waals surface area contributed by atoms with Gasteiger partial charge < -0.3 is 19.7 Å². The molecule has 1 aliphatic carbocycles. The predicted octanol–water partition coefficient (Wildman–Crippen LogP) is 5.99. The van der Waals surface area contributed by atoms with E-state index in [9.17, 15) is 19.8 Å². The number of aliphatic hydroxyl groups excluding tert-OH is 2. The van der Waals surface area contributed by atoms with Gasteiger partial charge in [0, 0.05) is 12.8 Å². The molecule has 0 fully saturated rings. The molecule has 0 saturated heterocycles. The van der Waals surface area contributed by atoms with Crippen LogP contribution in [-0.4, -0.2) is 34.7 Å². The highest BCUT2D eigenvalue weighted by atomic mass is 16.7. The van der Waals surface area contributed by atoms with Gasteiger partial charge >= 0.3 is 0 Å². The normalized spacial score (nSPS) is 19.3. The summed E-state index contributed by atoms with van der Waals surface area (Å²) in [6.45, 7) is 0.333. The van der Waals surface area contributed by atoms with E-state index < -0.39 is 17.8 Å².